The number of hydrazine groups is 2. The van der Waals surface area contributed by atoms with Crippen molar-refractivity contribution in [2.75, 3.05) is 13.1 Å². The molecule has 8 heteroatoms. The van der Waals surface area contributed by atoms with E-state index < -0.39 is 12.1 Å². The summed E-state index contributed by atoms with van der Waals surface area (Å²) in [5.74, 6) is 10.9. The minimum Gasteiger partial charge on any atom is -0.350 e. The van der Waals surface area contributed by atoms with Crippen molar-refractivity contribution in [1.29, 1.82) is 0 Å². The zero-order chi connectivity index (χ0) is 20.3. The molecule has 0 aliphatic heterocycles. The van der Waals surface area contributed by atoms with Crippen molar-refractivity contribution in [2.24, 2.45) is 23.2 Å². The van der Waals surface area contributed by atoms with E-state index in [2.05, 4.69) is 0 Å². The molecule has 0 saturated heterocycles. The number of rotatable bonds is 18. The van der Waals surface area contributed by atoms with Gasteiger partial charge in [0.15, 0.2) is 0 Å². The predicted octanol–water partition coefficient (Wildman–Crippen LogP) is 3.35. The van der Waals surface area contributed by atoms with Crippen molar-refractivity contribution < 1.29 is 9.59 Å². The SMILES string of the molecule is NC(=O)N(N)CCCCCCCCCCCCCCCCCN(N)C(N)=O. The molecule has 0 aromatic heterocycles. The van der Waals surface area contributed by atoms with Crippen LogP contribution in [0.5, 0.6) is 0 Å². The Morgan fingerprint density at radius 1 is 0.444 bits per heavy atom. The number of carbonyl (C=O) groups excluding carboxylic acids is 2. The average Bonchev–Trinajstić information content (AvgIpc) is 2.63. The molecule has 0 aliphatic rings. The van der Waals surface area contributed by atoms with Crippen LogP contribution in [0.15, 0.2) is 0 Å². The number of hydrogen-bond donors (Lipinski definition) is 4. The highest BCUT2D eigenvalue weighted by molar-refractivity contribution is 5.71. The molecule has 8 N–H and O–H groups in total. The largest absolute Gasteiger partial charge is 0.350 e. The zero-order valence-electron chi connectivity index (χ0n) is 17.0. The molecular formula is C19H42N6O2. The molecule has 0 atom stereocenters. The third-order valence-corrected chi connectivity index (χ3v) is 4.86. The highest BCUT2D eigenvalue weighted by Crippen LogP contribution is 2.13. The Kier molecular flexibility index (Phi) is 16.8. The first-order chi connectivity index (χ1) is 12.9. The van der Waals surface area contributed by atoms with E-state index in [0.29, 0.717) is 13.1 Å². The normalized spacial score (nSPS) is 10.7. The Morgan fingerprint density at radius 2 is 0.630 bits per heavy atom. The highest BCUT2D eigenvalue weighted by Gasteiger charge is 2.03. The minimum atomic E-state index is -0.557. The summed E-state index contributed by atoms with van der Waals surface area (Å²) in [6.45, 7) is 1.10. The van der Waals surface area contributed by atoms with E-state index in [9.17, 15) is 9.59 Å². The van der Waals surface area contributed by atoms with Crippen LogP contribution in [0.3, 0.4) is 0 Å². The standard InChI is InChI=1S/C19H42N6O2/c20-18(26)24(22)16-14-12-10-8-6-4-2-1-3-5-7-9-11-13-15-17-25(23)19(21)27/h1-17,22-23H2,(H2,20,26)(H2,21,27). The van der Waals surface area contributed by atoms with E-state index in [1.165, 1.54) is 70.6 Å². The molecule has 0 unspecified atom stereocenters. The topological polar surface area (TPSA) is 145 Å². The first kappa shape index (κ1) is 25.5. The summed E-state index contributed by atoms with van der Waals surface area (Å²) in [5, 5.41) is 2.16. The minimum absolute atomic E-state index is 0.550. The molecule has 0 fully saturated rings. The van der Waals surface area contributed by atoms with Crippen LogP contribution in [-0.4, -0.2) is 35.2 Å². The molecule has 8 nitrogen and oxygen atoms in total. The van der Waals surface area contributed by atoms with E-state index in [4.69, 9.17) is 23.2 Å². The van der Waals surface area contributed by atoms with Crippen molar-refractivity contribution in [3.8, 4) is 0 Å². The summed E-state index contributed by atoms with van der Waals surface area (Å²) < 4.78 is 0. The van der Waals surface area contributed by atoms with Gasteiger partial charge in [0, 0.05) is 13.1 Å². The summed E-state index contributed by atoms with van der Waals surface area (Å²) in [7, 11) is 0. The number of nitrogens with two attached hydrogens (primary N) is 4. The van der Waals surface area contributed by atoms with Crippen molar-refractivity contribution in [2.45, 2.75) is 96.3 Å². The van der Waals surface area contributed by atoms with Gasteiger partial charge in [-0.1, -0.05) is 83.5 Å². The van der Waals surface area contributed by atoms with Gasteiger partial charge in [-0.2, -0.15) is 0 Å². The molecule has 0 bridgehead atoms. The summed E-state index contributed by atoms with van der Waals surface area (Å²) in [6, 6.07) is -1.11. The molecule has 27 heavy (non-hydrogen) atoms. The lowest BCUT2D eigenvalue weighted by Crippen LogP contribution is -2.41. The maximum atomic E-state index is 10.7. The molecule has 0 heterocycles. The van der Waals surface area contributed by atoms with Gasteiger partial charge >= 0.3 is 12.1 Å². The summed E-state index contributed by atoms with van der Waals surface area (Å²) in [6.07, 6.45) is 18.2. The smallest absolute Gasteiger partial charge is 0.328 e. The average molecular weight is 387 g/mol. The quantitative estimate of drug-likeness (QED) is 0.124. The van der Waals surface area contributed by atoms with Gasteiger partial charge < -0.3 is 11.5 Å². The van der Waals surface area contributed by atoms with Crippen LogP contribution < -0.4 is 23.2 Å². The van der Waals surface area contributed by atoms with Crippen LogP contribution in [0.2, 0.25) is 0 Å². The number of carbonyl (C=O) groups is 2. The van der Waals surface area contributed by atoms with Crippen molar-refractivity contribution >= 4 is 12.1 Å². The monoisotopic (exact) mass is 386 g/mol. The molecule has 0 saturated carbocycles. The van der Waals surface area contributed by atoms with Crippen LogP contribution in [0, 0.1) is 0 Å². The number of primary amides is 2. The number of unbranched alkanes of at least 4 members (excludes halogenated alkanes) is 14. The highest BCUT2D eigenvalue weighted by atomic mass is 16.2. The molecule has 4 amide bonds. The lowest BCUT2D eigenvalue weighted by Gasteiger charge is -2.12. The van der Waals surface area contributed by atoms with E-state index in [1.807, 2.05) is 0 Å². The Balaban J connectivity index is 3.13. The third kappa shape index (κ3) is 17.6. The van der Waals surface area contributed by atoms with Crippen molar-refractivity contribution in [3.05, 3.63) is 0 Å². The maximum Gasteiger partial charge on any atom is 0.328 e. The first-order valence-electron chi connectivity index (χ1n) is 10.6. The lowest BCUT2D eigenvalue weighted by molar-refractivity contribution is 0.207. The second kappa shape index (κ2) is 17.9. The molecule has 0 aliphatic carbocycles. The Bertz CT molecular complexity index is 347. The van der Waals surface area contributed by atoms with Crippen molar-refractivity contribution in [1.82, 2.24) is 10.0 Å². The number of amides is 4. The summed E-state index contributed by atoms with van der Waals surface area (Å²) in [4.78, 5) is 21.5. The summed E-state index contributed by atoms with van der Waals surface area (Å²) >= 11 is 0. The van der Waals surface area contributed by atoms with Gasteiger partial charge in [-0.05, 0) is 12.8 Å². The number of hydrogen-bond acceptors (Lipinski definition) is 4. The van der Waals surface area contributed by atoms with Gasteiger partial charge in [0.1, 0.15) is 0 Å². The third-order valence-electron chi connectivity index (χ3n) is 4.86. The molecule has 0 rings (SSSR count). The summed E-state index contributed by atoms with van der Waals surface area (Å²) in [5.41, 5.74) is 10.1. The Labute approximate surface area is 164 Å². The number of urea groups is 2. The lowest BCUT2D eigenvalue weighted by atomic mass is 10.0. The van der Waals surface area contributed by atoms with E-state index in [1.54, 1.807) is 0 Å². The van der Waals surface area contributed by atoms with Crippen LogP contribution in [0.4, 0.5) is 9.59 Å². The van der Waals surface area contributed by atoms with E-state index in [0.717, 1.165) is 35.7 Å². The second-order valence-electron chi connectivity index (χ2n) is 7.37. The molecular weight excluding hydrogens is 344 g/mol. The van der Waals surface area contributed by atoms with Gasteiger partial charge in [-0.25, -0.2) is 21.3 Å². The van der Waals surface area contributed by atoms with Crippen LogP contribution >= 0.6 is 0 Å². The van der Waals surface area contributed by atoms with Crippen molar-refractivity contribution in [3.63, 3.8) is 0 Å². The maximum absolute atomic E-state index is 10.7. The van der Waals surface area contributed by atoms with E-state index in [-0.39, 0.29) is 0 Å². The number of nitrogens with zero attached hydrogens (tertiary/aromatic N) is 2. The molecule has 0 radical (unpaired) electrons. The Hall–Kier alpha value is -1.54. The second-order valence-corrected chi connectivity index (χ2v) is 7.37. The van der Waals surface area contributed by atoms with Crippen LogP contribution in [0.1, 0.15) is 96.3 Å². The predicted molar refractivity (Wildman–Crippen MR) is 110 cm³/mol. The fourth-order valence-electron chi connectivity index (χ4n) is 3.08. The van der Waals surface area contributed by atoms with Gasteiger partial charge in [-0.15, -0.1) is 0 Å². The molecule has 160 valence electrons. The first-order valence-corrected chi connectivity index (χ1v) is 10.6. The van der Waals surface area contributed by atoms with Gasteiger partial charge in [0.2, 0.25) is 0 Å². The molecule has 0 spiro atoms. The van der Waals surface area contributed by atoms with Crippen LogP contribution in [-0.2, 0) is 0 Å². The van der Waals surface area contributed by atoms with Gasteiger partial charge in [0.05, 0.1) is 0 Å². The van der Waals surface area contributed by atoms with Gasteiger partial charge in [-0.3, -0.25) is 10.0 Å². The van der Waals surface area contributed by atoms with Crippen LogP contribution in [0.25, 0.3) is 0 Å². The Morgan fingerprint density at radius 3 is 0.815 bits per heavy atom. The van der Waals surface area contributed by atoms with Gasteiger partial charge in [0.25, 0.3) is 0 Å². The fraction of sp³-hybridized carbons (Fsp3) is 0.895. The fourth-order valence-corrected chi connectivity index (χ4v) is 3.08. The van der Waals surface area contributed by atoms with E-state index >= 15 is 0 Å². The molecule has 0 aromatic carbocycles. The zero-order valence-corrected chi connectivity index (χ0v) is 17.0. The molecule has 0 aromatic rings.